The van der Waals surface area contributed by atoms with Crippen LogP contribution >= 0.6 is 27.5 Å². The average Bonchev–Trinajstić information content (AvgIpc) is 2.48. The van der Waals surface area contributed by atoms with Crippen LogP contribution in [0.5, 0.6) is 11.5 Å². The Balaban J connectivity index is 2.24. The summed E-state index contributed by atoms with van der Waals surface area (Å²) >= 11 is 9.29. The SMILES string of the molecule is CCOc1cc(CCl)cc(Br)c1OCc1ccccc1F. The number of halogens is 3. The summed E-state index contributed by atoms with van der Waals surface area (Å²) in [6.45, 7) is 2.53. The van der Waals surface area contributed by atoms with Crippen molar-refractivity contribution in [3.05, 3.63) is 57.8 Å². The molecule has 5 heteroatoms. The summed E-state index contributed by atoms with van der Waals surface area (Å²) in [7, 11) is 0. The highest BCUT2D eigenvalue weighted by Gasteiger charge is 2.13. The van der Waals surface area contributed by atoms with E-state index in [0.717, 1.165) is 10.0 Å². The van der Waals surface area contributed by atoms with Crippen LogP contribution in [0.25, 0.3) is 0 Å². The summed E-state index contributed by atoms with van der Waals surface area (Å²) in [5.74, 6) is 1.24. The van der Waals surface area contributed by atoms with Crippen molar-refractivity contribution in [3.8, 4) is 11.5 Å². The summed E-state index contributed by atoms with van der Waals surface area (Å²) in [6.07, 6.45) is 0. The largest absolute Gasteiger partial charge is 0.490 e. The predicted octanol–water partition coefficient (Wildman–Crippen LogP) is 5.30. The quantitative estimate of drug-likeness (QED) is 0.639. The van der Waals surface area contributed by atoms with Gasteiger partial charge in [0.15, 0.2) is 11.5 Å². The molecule has 0 saturated carbocycles. The fourth-order valence-corrected chi connectivity index (χ4v) is 2.63. The topological polar surface area (TPSA) is 18.5 Å². The van der Waals surface area contributed by atoms with Crippen molar-refractivity contribution in [2.75, 3.05) is 6.61 Å². The molecule has 2 nitrogen and oxygen atoms in total. The van der Waals surface area contributed by atoms with Gasteiger partial charge >= 0.3 is 0 Å². The van der Waals surface area contributed by atoms with E-state index in [4.69, 9.17) is 21.1 Å². The molecule has 0 N–H and O–H groups in total. The van der Waals surface area contributed by atoms with Crippen LogP contribution in [-0.4, -0.2) is 6.61 Å². The lowest BCUT2D eigenvalue weighted by Crippen LogP contribution is -2.02. The third-order valence-electron chi connectivity index (χ3n) is 2.85. The fourth-order valence-electron chi connectivity index (χ4n) is 1.87. The molecule has 2 rings (SSSR count). The Bertz CT molecular complexity index is 619. The lowest BCUT2D eigenvalue weighted by molar-refractivity contribution is 0.264. The summed E-state index contributed by atoms with van der Waals surface area (Å²) in [6, 6.07) is 10.2. The second-order valence-corrected chi connectivity index (χ2v) is 5.47. The first kappa shape index (κ1) is 16.1. The van der Waals surface area contributed by atoms with Gasteiger partial charge in [-0.15, -0.1) is 11.6 Å². The molecule has 0 aliphatic rings. The van der Waals surface area contributed by atoms with E-state index in [1.54, 1.807) is 18.2 Å². The van der Waals surface area contributed by atoms with Crippen LogP contribution in [0.15, 0.2) is 40.9 Å². The average molecular weight is 374 g/mol. The van der Waals surface area contributed by atoms with Crippen LogP contribution in [0.1, 0.15) is 18.1 Å². The maximum atomic E-state index is 13.6. The number of hydrogen-bond acceptors (Lipinski definition) is 2. The van der Waals surface area contributed by atoms with Crippen LogP contribution in [0, 0.1) is 5.82 Å². The molecule has 0 heterocycles. The van der Waals surface area contributed by atoms with Gasteiger partial charge in [-0.05, 0) is 46.6 Å². The minimum absolute atomic E-state index is 0.131. The molecule has 0 fully saturated rings. The van der Waals surface area contributed by atoms with Crippen molar-refractivity contribution in [1.82, 2.24) is 0 Å². The van der Waals surface area contributed by atoms with Crippen LogP contribution in [0.4, 0.5) is 4.39 Å². The molecule has 112 valence electrons. The first-order chi connectivity index (χ1) is 10.2. The Morgan fingerprint density at radius 3 is 2.62 bits per heavy atom. The highest BCUT2D eigenvalue weighted by atomic mass is 79.9. The van der Waals surface area contributed by atoms with E-state index in [-0.39, 0.29) is 12.4 Å². The van der Waals surface area contributed by atoms with Crippen molar-refractivity contribution >= 4 is 27.5 Å². The van der Waals surface area contributed by atoms with E-state index in [1.165, 1.54) is 6.07 Å². The van der Waals surface area contributed by atoms with E-state index >= 15 is 0 Å². The highest BCUT2D eigenvalue weighted by molar-refractivity contribution is 9.10. The number of ether oxygens (including phenoxy) is 2. The second-order valence-electron chi connectivity index (χ2n) is 4.35. The number of hydrogen-bond donors (Lipinski definition) is 0. The van der Waals surface area contributed by atoms with Gasteiger partial charge in [-0.1, -0.05) is 18.2 Å². The molecule has 0 aliphatic heterocycles. The number of rotatable bonds is 6. The Labute approximate surface area is 137 Å². The summed E-state index contributed by atoms with van der Waals surface area (Å²) in [5, 5.41) is 0. The number of benzene rings is 2. The minimum Gasteiger partial charge on any atom is -0.490 e. The van der Waals surface area contributed by atoms with E-state index in [9.17, 15) is 4.39 Å². The van der Waals surface area contributed by atoms with E-state index in [2.05, 4.69) is 15.9 Å². The van der Waals surface area contributed by atoms with Crippen LogP contribution < -0.4 is 9.47 Å². The zero-order valence-corrected chi connectivity index (χ0v) is 13.9. The first-order valence-electron chi connectivity index (χ1n) is 6.53. The molecule has 0 radical (unpaired) electrons. The zero-order valence-electron chi connectivity index (χ0n) is 11.5. The molecule has 2 aromatic rings. The summed E-state index contributed by atoms with van der Waals surface area (Å²) < 4.78 is 25.7. The molecule has 0 aliphatic carbocycles. The Morgan fingerprint density at radius 1 is 1.19 bits per heavy atom. The van der Waals surface area contributed by atoms with Gasteiger partial charge < -0.3 is 9.47 Å². The molecule has 0 unspecified atom stereocenters. The fraction of sp³-hybridized carbons (Fsp3) is 0.250. The molecular formula is C16H15BrClFO2. The van der Waals surface area contributed by atoms with Crippen molar-refractivity contribution < 1.29 is 13.9 Å². The van der Waals surface area contributed by atoms with Crippen LogP contribution in [0.2, 0.25) is 0 Å². The van der Waals surface area contributed by atoms with Crippen molar-refractivity contribution in [2.24, 2.45) is 0 Å². The van der Waals surface area contributed by atoms with Crippen molar-refractivity contribution in [3.63, 3.8) is 0 Å². The van der Waals surface area contributed by atoms with Crippen LogP contribution in [0.3, 0.4) is 0 Å². The maximum absolute atomic E-state index is 13.6. The third-order valence-corrected chi connectivity index (χ3v) is 3.75. The monoisotopic (exact) mass is 372 g/mol. The lowest BCUT2D eigenvalue weighted by Gasteiger charge is -2.15. The lowest BCUT2D eigenvalue weighted by atomic mass is 10.2. The highest BCUT2D eigenvalue weighted by Crippen LogP contribution is 2.37. The van der Waals surface area contributed by atoms with Crippen molar-refractivity contribution in [1.29, 1.82) is 0 Å². The number of alkyl halides is 1. The Morgan fingerprint density at radius 2 is 1.95 bits per heavy atom. The van der Waals surface area contributed by atoms with Gasteiger partial charge in [0.1, 0.15) is 12.4 Å². The molecule has 0 aromatic heterocycles. The van der Waals surface area contributed by atoms with Crippen molar-refractivity contribution in [2.45, 2.75) is 19.4 Å². The maximum Gasteiger partial charge on any atom is 0.175 e. The van der Waals surface area contributed by atoms with Gasteiger partial charge in [0.2, 0.25) is 0 Å². The van der Waals surface area contributed by atoms with Gasteiger partial charge in [0.25, 0.3) is 0 Å². The molecule has 0 amide bonds. The van der Waals surface area contributed by atoms with Gasteiger partial charge in [-0.3, -0.25) is 0 Å². The summed E-state index contributed by atoms with van der Waals surface area (Å²) in [5.41, 5.74) is 1.42. The van der Waals surface area contributed by atoms with Gasteiger partial charge in [0.05, 0.1) is 11.1 Å². The molecule has 21 heavy (non-hydrogen) atoms. The zero-order chi connectivity index (χ0) is 15.2. The van der Waals surface area contributed by atoms with Crippen LogP contribution in [-0.2, 0) is 12.5 Å². The smallest absolute Gasteiger partial charge is 0.175 e. The van der Waals surface area contributed by atoms with Gasteiger partial charge in [0, 0.05) is 11.4 Å². The summed E-state index contributed by atoms with van der Waals surface area (Å²) in [4.78, 5) is 0. The van der Waals surface area contributed by atoms with E-state index in [1.807, 2.05) is 19.1 Å². The standard InChI is InChI=1S/C16H15BrClFO2/c1-2-20-15-8-11(9-18)7-13(17)16(15)21-10-12-5-3-4-6-14(12)19/h3-8H,2,9-10H2,1H3. The van der Waals surface area contributed by atoms with Gasteiger partial charge in [-0.2, -0.15) is 0 Å². The second kappa shape index (κ2) is 7.66. The Kier molecular flexibility index (Phi) is 5.88. The van der Waals surface area contributed by atoms with Gasteiger partial charge in [-0.25, -0.2) is 4.39 Å². The molecule has 0 atom stereocenters. The molecule has 2 aromatic carbocycles. The Hall–Kier alpha value is -1.26. The van der Waals surface area contributed by atoms with E-state index < -0.39 is 0 Å². The molecule has 0 spiro atoms. The van der Waals surface area contributed by atoms with E-state index in [0.29, 0.717) is 29.5 Å². The molecule has 0 bridgehead atoms. The third kappa shape index (κ3) is 4.11. The normalized spacial score (nSPS) is 10.5. The first-order valence-corrected chi connectivity index (χ1v) is 7.85. The predicted molar refractivity (Wildman–Crippen MR) is 85.6 cm³/mol. The molecule has 0 saturated heterocycles. The minimum atomic E-state index is -0.288. The molecular weight excluding hydrogens is 359 g/mol.